The minimum atomic E-state index is -0.424. The molecule has 0 atom stereocenters. The van der Waals surface area contributed by atoms with E-state index in [4.69, 9.17) is 10.5 Å². The van der Waals surface area contributed by atoms with Crippen LogP contribution >= 0.6 is 0 Å². The smallest absolute Gasteiger partial charge is 0.272 e. The molecule has 0 aliphatic carbocycles. The Bertz CT molecular complexity index is 617. The monoisotopic (exact) mass is 289 g/mol. The fourth-order valence-electron chi connectivity index (χ4n) is 1.68. The van der Waals surface area contributed by atoms with Crippen molar-refractivity contribution in [1.29, 1.82) is 0 Å². The van der Waals surface area contributed by atoms with Crippen LogP contribution in [0.2, 0.25) is 0 Å². The van der Waals surface area contributed by atoms with E-state index in [0.717, 1.165) is 0 Å². The quantitative estimate of drug-likeness (QED) is 0.913. The third-order valence-corrected chi connectivity index (χ3v) is 2.87. The van der Waals surface area contributed by atoms with Crippen LogP contribution in [0.3, 0.4) is 0 Å². The van der Waals surface area contributed by atoms with Gasteiger partial charge in [-0.25, -0.2) is 9.37 Å². The predicted octanol–water partition coefficient (Wildman–Crippen LogP) is 1.95. The number of nitrogens with two attached hydrogens (primary N) is 1. The summed E-state index contributed by atoms with van der Waals surface area (Å²) in [7, 11) is 1.63. The van der Waals surface area contributed by atoms with Gasteiger partial charge in [-0.1, -0.05) is 12.1 Å². The molecule has 0 saturated heterocycles. The molecular formula is C15H16FN3O2. The number of hydrogen-bond acceptors (Lipinski definition) is 4. The molecule has 6 heteroatoms. The number of carbonyl (C=O) groups is 1. The van der Waals surface area contributed by atoms with E-state index in [1.807, 2.05) is 0 Å². The Hall–Kier alpha value is -2.63. The molecule has 2 aromatic rings. The minimum Gasteiger partial charge on any atom is -0.489 e. The fourth-order valence-corrected chi connectivity index (χ4v) is 1.68. The van der Waals surface area contributed by atoms with E-state index >= 15 is 0 Å². The van der Waals surface area contributed by atoms with Crippen LogP contribution in [0.25, 0.3) is 0 Å². The van der Waals surface area contributed by atoms with Gasteiger partial charge in [0.25, 0.3) is 5.91 Å². The number of amides is 1. The van der Waals surface area contributed by atoms with E-state index < -0.39 is 5.82 Å². The molecule has 5 nitrogen and oxygen atoms in total. The van der Waals surface area contributed by atoms with E-state index in [1.165, 1.54) is 17.2 Å². The molecule has 1 amide bonds. The van der Waals surface area contributed by atoms with Crippen molar-refractivity contribution in [3.63, 3.8) is 0 Å². The van der Waals surface area contributed by atoms with Crippen LogP contribution in [0.1, 0.15) is 10.5 Å². The lowest BCUT2D eigenvalue weighted by Crippen LogP contribution is -2.31. The van der Waals surface area contributed by atoms with Crippen LogP contribution in [-0.2, 0) is 0 Å². The van der Waals surface area contributed by atoms with Crippen LogP contribution in [0.15, 0.2) is 42.6 Å². The zero-order valence-corrected chi connectivity index (χ0v) is 11.6. The van der Waals surface area contributed by atoms with Crippen LogP contribution in [-0.4, -0.2) is 36.0 Å². The van der Waals surface area contributed by atoms with Crippen molar-refractivity contribution in [2.45, 2.75) is 0 Å². The van der Waals surface area contributed by atoms with Gasteiger partial charge in [0.15, 0.2) is 11.6 Å². The number of rotatable bonds is 5. The normalized spacial score (nSPS) is 10.2. The maximum absolute atomic E-state index is 13.3. The van der Waals surface area contributed by atoms with Crippen LogP contribution in [0.4, 0.5) is 10.1 Å². The highest BCUT2D eigenvalue weighted by molar-refractivity contribution is 5.92. The van der Waals surface area contributed by atoms with Gasteiger partial charge in [0, 0.05) is 7.05 Å². The molecule has 0 bridgehead atoms. The van der Waals surface area contributed by atoms with Crippen LogP contribution in [0.5, 0.6) is 5.75 Å². The number of anilines is 1. The number of pyridine rings is 1. The van der Waals surface area contributed by atoms with Crippen molar-refractivity contribution in [3.8, 4) is 5.75 Å². The van der Waals surface area contributed by atoms with Gasteiger partial charge in [0.1, 0.15) is 12.3 Å². The van der Waals surface area contributed by atoms with Gasteiger partial charge in [-0.2, -0.15) is 0 Å². The molecule has 1 aromatic carbocycles. The van der Waals surface area contributed by atoms with E-state index in [0.29, 0.717) is 17.9 Å². The lowest BCUT2D eigenvalue weighted by molar-refractivity contribution is 0.0767. The zero-order valence-electron chi connectivity index (χ0n) is 11.6. The topological polar surface area (TPSA) is 68.5 Å². The standard InChI is InChI=1S/C15H16FN3O2/c1-19(15(20)13-7-6-11(17)10-18-13)8-9-21-14-5-3-2-4-12(14)16/h2-7,10H,8-9,17H2,1H3. The number of likely N-dealkylation sites (N-methyl/N-ethyl adjacent to an activating group) is 1. The third-order valence-electron chi connectivity index (χ3n) is 2.87. The van der Waals surface area contributed by atoms with E-state index in [9.17, 15) is 9.18 Å². The zero-order chi connectivity index (χ0) is 15.2. The number of carbonyl (C=O) groups excluding carboxylic acids is 1. The Morgan fingerprint density at radius 3 is 2.76 bits per heavy atom. The molecule has 0 radical (unpaired) electrons. The van der Waals surface area contributed by atoms with Crippen molar-refractivity contribution in [1.82, 2.24) is 9.88 Å². The summed E-state index contributed by atoms with van der Waals surface area (Å²) < 4.78 is 18.7. The van der Waals surface area contributed by atoms with Gasteiger partial charge in [0.05, 0.1) is 18.4 Å². The van der Waals surface area contributed by atoms with Crippen molar-refractivity contribution < 1.29 is 13.9 Å². The number of nitrogens with zero attached hydrogens (tertiary/aromatic N) is 2. The SMILES string of the molecule is CN(CCOc1ccccc1F)C(=O)c1ccc(N)cn1. The average molecular weight is 289 g/mol. The molecule has 0 saturated carbocycles. The van der Waals surface area contributed by atoms with Crippen molar-refractivity contribution in [3.05, 3.63) is 54.1 Å². The molecular weight excluding hydrogens is 273 g/mol. The fraction of sp³-hybridized carbons (Fsp3) is 0.200. The molecule has 21 heavy (non-hydrogen) atoms. The number of hydrogen-bond donors (Lipinski definition) is 1. The molecule has 2 rings (SSSR count). The first kappa shape index (κ1) is 14.8. The largest absolute Gasteiger partial charge is 0.489 e. The molecule has 0 unspecified atom stereocenters. The predicted molar refractivity (Wildman–Crippen MR) is 77.5 cm³/mol. The van der Waals surface area contributed by atoms with E-state index in [-0.39, 0.29) is 18.3 Å². The highest BCUT2D eigenvalue weighted by atomic mass is 19.1. The second kappa shape index (κ2) is 6.69. The van der Waals surface area contributed by atoms with Crippen LogP contribution in [0, 0.1) is 5.82 Å². The van der Waals surface area contributed by atoms with Gasteiger partial charge < -0.3 is 15.4 Å². The Labute approximate surface area is 122 Å². The number of ether oxygens (including phenoxy) is 1. The maximum Gasteiger partial charge on any atom is 0.272 e. The summed E-state index contributed by atoms with van der Waals surface area (Å²) >= 11 is 0. The van der Waals surface area contributed by atoms with Crippen molar-refractivity contribution in [2.75, 3.05) is 25.9 Å². The number of benzene rings is 1. The van der Waals surface area contributed by atoms with E-state index in [2.05, 4.69) is 4.98 Å². The second-order valence-electron chi connectivity index (χ2n) is 4.48. The summed E-state index contributed by atoms with van der Waals surface area (Å²) in [5, 5.41) is 0. The number of nitrogen functional groups attached to an aromatic ring is 1. The third kappa shape index (κ3) is 3.92. The van der Waals surface area contributed by atoms with Gasteiger partial charge in [0.2, 0.25) is 0 Å². The summed E-state index contributed by atoms with van der Waals surface area (Å²) in [4.78, 5) is 17.5. The highest BCUT2D eigenvalue weighted by Gasteiger charge is 2.13. The molecule has 1 heterocycles. The lowest BCUT2D eigenvalue weighted by Gasteiger charge is -2.17. The Morgan fingerprint density at radius 1 is 1.33 bits per heavy atom. The Morgan fingerprint density at radius 2 is 2.10 bits per heavy atom. The van der Waals surface area contributed by atoms with Gasteiger partial charge in [-0.05, 0) is 24.3 Å². The molecule has 1 aromatic heterocycles. The summed E-state index contributed by atoms with van der Waals surface area (Å²) in [6.07, 6.45) is 1.43. The molecule has 2 N–H and O–H groups in total. The maximum atomic E-state index is 13.3. The summed E-state index contributed by atoms with van der Waals surface area (Å²) in [6, 6.07) is 9.31. The second-order valence-corrected chi connectivity index (χ2v) is 4.48. The van der Waals surface area contributed by atoms with Gasteiger partial charge in [-0.15, -0.1) is 0 Å². The Balaban J connectivity index is 1.87. The van der Waals surface area contributed by atoms with Gasteiger partial charge in [-0.3, -0.25) is 4.79 Å². The molecule has 0 aliphatic heterocycles. The van der Waals surface area contributed by atoms with Crippen molar-refractivity contribution in [2.24, 2.45) is 0 Å². The van der Waals surface area contributed by atoms with Crippen LogP contribution < -0.4 is 10.5 Å². The van der Waals surface area contributed by atoms with E-state index in [1.54, 1.807) is 37.4 Å². The first-order valence-corrected chi connectivity index (χ1v) is 6.42. The minimum absolute atomic E-state index is 0.170. The average Bonchev–Trinajstić information content (AvgIpc) is 2.49. The highest BCUT2D eigenvalue weighted by Crippen LogP contribution is 2.15. The molecule has 0 aliphatic rings. The number of para-hydroxylation sites is 1. The molecule has 110 valence electrons. The number of halogens is 1. The Kier molecular flexibility index (Phi) is 4.71. The van der Waals surface area contributed by atoms with Crippen molar-refractivity contribution >= 4 is 11.6 Å². The lowest BCUT2D eigenvalue weighted by atomic mass is 10.3. The first-order valence-electron chi connectivity index (χ1n) is 6.42. The molecule has 0 spiro atoms. The van der Waals surface area contributed by atoms with Gasteiger partial charge >= 0.3 is 0 Å². The first-order chi connectivity index (χ1) is 10.1. The molecule has 0 fully saturated rings. The number of aromatic nitrogens is 1. The summed E-state index contributed by atoms with van der Waals surface area (Å²) in [6.45, 7) is 0.511. The summed E-state index contributed by atoms with van der Waals surface area (Å²) in [5.41, 5.74) is 6.32. The summed E-state index contributed by atoms with van der Waals surface area (Å²) in [5.74, 6) is -0.497.